The van der Waals surface area contributed by atoms with Gasteiger partial charge in [-0.25, -0.2) is 18.1 Å². The zero-order valence-corrected chi connectivity index (χ0v) is 18.2. The molecule has 0 saturated carbocycles. The number of benzene rings is 1. The molecule has 2 bridgehead atoms. The molecule has 3 N–H and O–H groups in total. The van der Waals surface area contributed by atoms with Crippen LogP contribution in [0.5, 0.6) is 0 Å². The van der Waals surface area contributed by atoms with E-state index < -0.39 is 10.0 Å². The van der Waals surface area contributed by atoms with Gasteiger partial charge in [-0.1, -0.05) is 12.1 Å². The Morgan fingerprint density at radius 3 is 2.54 bits per heavy atom. The van der Waals surface area contributed by atoms with Gasteiger partial charge in [0.25, 0.3) is 0 Å². The number of guanidine groups is 1. The normalized spacial score (nSPS) is 25.0. The summed E-state index contributed by atoms with van der Waals surface area (Å²) < 4.78 is 31.7. The van der Waals surface area contributed by atoms with Crippen molar-refractivity contribution in [1.82, 2.24) is 15.4 Å². The first-order valence-corrected chi connectivity index (χ1v) is 10.2. The first-order valence-electron chi connectivity index (χ1n) is 8.74. The molecule has 0 amide bonds. The number of nitrogens with one attached hydrogen (secondary N) is 3. The van der Waals surface area contributed by atoms with Crippen molar-refractivity contribution in [2.45, 2.75) is 55.9 Å². The Hall–Kier alpha value is -0.910. The molecule has 3 rings (SSSR count). The number of ether oxygens (including phenoxy) is 1. The summed E-state index contributed by atoms with van der Waals surface area (Å²) in [6.07, 6.45) is 4.00. The van der Waals surface area contributed by atoms with E-state index in [1.165, 1.54) is 13.5 Å². The molecule has 1 aromatic carbocycles. The zero-order chi connectivity index (χ0) is 17.9. The van der Waals surface area contributed by atoms with Crippen molar-refractivity contribution in [1.29, 1.82) is 0 Å². The lowest BCUT2D eigenvalue weighted by Crippen LogP contribution is -2.47. The van der Waals surface area contributed by atoms with Crippen LogP contribution in [0.2, 0.25) is 0 Å². The van der Waals surface area contributed by atoms with Crippen LogP contribution in [0.3, 0.4) is 0 Å². The summed E-state index contributed by atoms with van der Waals surface area (Å²) in [6, 6.07) is 7.09. The third-order valence-corrected chi connectivity index (χ3v) is 6.12. The van der Waals surface area contributed by atoms with Crippen LogP contribution in [0.4, 0.5) is 0 Å². The predicted molar refractivity (Wildman–Crippen MR) is 112 cm³/mol. The lowest BCUT2D eigenvalue weighted by atomic mass is 9.96. The van der Waals surface area contributed by atoms with E-state index in [-0.39, 0.29) is 28.9 Å². The highest BCUT2D eigenvalue weighted by Gasteiger charge is 2.41. The van der Waals surface area contributed by atoms with E-state index in [0.29, 0.717) is 24.8 Å². The summed E-state index contributed by atoms with van der Waals surface area (Å²) in [5.74, 6) is 0.774. The molecule has 2 aliphatic heterocycles. The topological polar surface area (TPSA) is 91.8 Å². The van der Waals surface area contributed by atoms with Crippen LogP contribution in [0.25, 0.3) is 0 Å². The summed E-state index contributed by atoms with van der Waals surface area (Å²) in [4.78, 5) is 4.87. The van der Waals surface area contributed by atoms with Gasteiger partial charge in [-0.15, -0.1) is 24.0 Å². The molecule has 0 radical (unpaired) electrons. The van der Waals surface area contributed by atoms with E-state index in [4.69, 9.17) is 4.74 Å². The molecule has 146 valence electrons. The second-order valence-electron chi connectivity index (χ2n) is 6.41. The number of rotatable bonds is 6. The average Bonchev–Trinajstić information content (AvgIpc) is 3.23. The van der Waals surface area contributed by atoms with Crippen molar-refractivity contribution in [2.75, 3.05) is 13.6 Å². The molecule has 2 heterocycles. The molecule has 0 spiro atoms. The minimum absolute atomic E-state index is 0. The molecule has 0 aliphatic carbocycles. The molecule has 26 heavy (non-hydrogen) atoms. The number of sulfonamides is 1. The molecule has 7 nitrogen and oxygen atoms in total. The van der Waals surface area contributed by atoms with E-state index in [1.54, 1.807) is 24.3 Å². The number of nitrogens with zero attached hydrogens (tertiary/aromatic N) is 1. The summed E-state index contributed by atoms with van der Waals surface area (Å²) >= 11 is 0. The summed E-state index contributed by atoms with van der Waals surface area (Å²) in [5, 5.41) is 6.73. The maximum Gasteiger partial charge on any atom is 0.240 e. The van der Waals surface area contributed by atoms with Crippen LogP contribution in [-0.2, 0) is 21.3 Å². The Bertz CT molecular complexity index is 724. The number of hydrogen-bond donors (Lipinski definition) is 3. The van der Waals surface area contributed by atoms with Gasteiger partial charge in [0.05, 0.1) is 29.7 Å². The Balaban J connectivity index is 0.00000243. The third-order valence-electron chi connectivity index (χ3n) is 4.69. The molecule has 2 aliphatic rings. The molecule has 3 atom stereocenters. The SMILES string of the molecule is CCNC(=NCc1ccc(S(=O)(=O)NC)cc1)NC1CC2CCC1O2.I. The number of fused-ring (bicyclic) bond motifs is 2. The molecule has 9 heteroatoms. The molecule has 0 aromatic heterocycles. The highest BCUT2D eigenvalue weighted by Crippen LogP contribution is 2.34. The maximum absolute atomic E-state index is 11.7. The van der Waals surface area contributed by atoms with Gasteiger partial charge in [-0.3, -0.25) is 0 Å². The number of aliphatic imine (C=N–C) groups is 1. The van der Waals surface area contributed by atoms with E-state index in [1.807, 2.05) is 6.92 Å². The van der Waals surface area contributed by atoms with Crippen LogP contribution in [0, 0.1) is 0 Å². The van der Waals surface area contributed by atoms with Crippen LogP contribution in [0.1, 0.15) is 31.7 Å². The smallest absolute Gasteiger partial charge is 0.240 e. The van der Waals surface area contributed by atoms with Gasteiger partial charge in [0.1, 0.15) is 0 Å². The monoisotopic (exact) mass is 494 g/mol. The van der Waals surface area contributed by atoms with Gasteiger partial charge in [-0.2, -0.15) is 0 Å². The maximum atomic E-state index is 11.7. The second-order valence-corrected chi connectivity index (χ2v) is 8.29. The van der Waals surface area contributed by atoms with Gasteiger partial charge in [0, 0.05) is 6.54 Å². The highest BCUT2D eigenvalue weighted by molar-refractivity contribution is 14.0. The van der Waals surface area contributed by atoms with Gasteiger partial charge < -0.3 is 15.4 Å². The van der Waals surface area contributed by atoms with E-state index in [9.17, 15) is 8.42 Å². The van der Waals surface area contributed by atoms with Crippen LogP contribution < -0.4 is 15.4 Å². The molecular formula is C17H27IN4O3S. The highest BCUT2D eigenvalue weighted by atomic mass is 127. The largest absolute Gasteiger partial charge is 0.373 e. The molecule has 3 unspecified atom stereocenters. The van der Waals surface area contributed by atoms with Crippen molar-refractivity contribution in [3.8, 4) is 0 Å². The lowest BCUT2D eigenvalue weighted by molar-refractivity contribution is 0.0992. The third kappa shape index (κ3) is 5.08. The van der Waals surface area contributed by atoms with Crippen molar-refractivity contribution in [3.05, 3.63) is 29.8 Å². The molecule has 2 fully saturated rings. The molecule has 2 saturated heterocycles. The fourth-order valence-electron chi connectivity index (χ4n) is 3.35. The summed E-state index contributed by atoms with van der Waals surface area (Å²) in [5.41, 5.74) is 0.955. The zero-order valence-electron chi connectivity index (χ0n) is 15.1. The fourth-order valence-corrected chi connectivity index (χ4v) is 4.08. The van der Waals surface area contributed by atoms with Crippen molar-refractivity contribution in [2.24, 2.45) is 4.99 Å². The van der Waals surface area contributed by atoms with Crippen LogP contribution >= 0.6 is 24.0 Å². The quantitative estimate of drug-likeness (QED) is 0.318. The van der Waals surface area contributed by atoms with E-state index >= 15 is 0 Å². The van der Waals surface area contributed by atoms with Crippen molar-refractivity contribution < 1.29 is 13.2 Å². The van der Waals surface area contributed by atoms with Crippen molar-refractivity contribution >= 4 is 40.0 Å². The van der Waals surface area contributed by atoms with E-state index in [2.05, 4.69) is 20.3 Å². The lowest BCUT2D eigenvalue weighted by Gasteiger charge is -2.22. The fraction of sp³-hybridized carbons (Fsp3) is 0.588. The summed E-state index contributed by atoms with van der Waals surface area (Å²) in [7, 11) is -2.00. The minimum atomic E-state index is -3.40. The van der Waals surface area contributed by atoms with Crippen LogP contribution in [-0.4, -0.2) is 46.2 Å². The average molecular weight is 494 g/mol. The second kappa shape index (κ2) is 9.34. The number of hydrogen-bond acceptors (Lipinski definition) is 4. The Labute approximate surface area is 172 Å². The molecule has 1 aromatic rings. The number of halogens is 1. The van der Waals surface area contributed by atoms with E-state index in [0.717, 1.165) is 30.9 Å². The minimum Gasteiger partial charge on any atom is -0.373 e. The predicted octanol–water partition coefficient (Wildman–Crippen LogP) is 1.59. The Morgan fingerprint density at radius 2 is 2.00 bits per heavy atom. The molecular weight excluding hydrogens is 467 g/mol. The first-order chi connectivity index (χ1) is 12.0. The standard InChI is InChI=1S/C17H26N4O3S.HI/c1-3-19-17(21-15-10-13-6-9-16(15)24-13)20-11-12-4-7-14(8-5-12)25(22,23)18-2;/h4-5,7-8,13,15-16,18H,3,6,9-11H2,1-2H3,(H2,19,20,21);1H. The first kappa shape index (κ1) is 21.4. The van der Waals surface area contributed by atoms with Crippen LogP contribution in [0.15, 0.2) is 34.2 Å². The van der Waals surface area contributed by atoms with Gasteiger partial charge in [0.15, 0.2) is 5.96 Å². The van der Waals surface area contributed by atoms with Gasteiger partial charge in [0.2, 0.25) is 10.0 Å². The summed E-state index contributed by atoms with van der Waals surface area (Å²) in [6.45, 7) is 3.30. The van der Waals surface area contributed by atoms with Gasteiger partial charge in [-0.05, 0) is 50.9 Å². The van der Waals surface area contributed by atoms with Crippen molar-refractivity contribution in [3.63, 3.8) is 0 Å². The van der Waals surface area contributed by atoms with Gasteiger partial charge >= 0.3 is 0 Å². The Kier molecular flexibility index (Phi) is 7.68. The Morgan fingerprint density at radius 1 is 1.27 bits per heavy atom.